The average Bonchev–Trinajstić information content (AvgIpc) is 2.70. The fourth-order valence-electron chi connectivity index (χ4n) is 3.17. The Kier molecular flexibility index (Phi) is 4.87. The Morgan fingerprint density at radius 2 is 1.89 bits per heavy atom. The van der Waals surface area contributed by atoms with E-state index in [1.165, 1.54) is 37.1 Å². The number of rotatable bonds is 4. The monoisotopic (exact) mass is 260 g/mol. The van der Waals surface area contributed by atoms with Gasteiger partial charge in [0.1, 0.15) is 0 Å². The highest BCUT2D eigenvalue weighted by atomic mass is 15.2. The van der Waals surface area contributed by atoms with Gasteiger partial charge in [-0.2, -0.15) is 0 Å². The van der Waals surface area contributed by atoms with Crippen LogP contribution in [0, 0.1) is 0 Å². The zero-order chi connectivity index (χ0) is 13.7. The van der Waals surface area contributed by atoms with Crippen molar-refractivity contribution in [3.8, 4) is 0 Å². The molecule has 0 atom stereocenters. The van der Waals surface area contributed by atoms with E-state index in [4.69, 9.17) is 0 Å². The molecule has 1 aliphatic heterocycles. The van der Waals surface area contributed by atoms with Gasteiger partial charge < -0.3 is 10.2 Å². The van der Waals surface area contributed by atoms with E-state index in [-0.39, 0.29) is 5.54 Å². The third-order valence-corrected chi connectivity index (χ3v) is 4.67. The summed E-state index contributed by atoms with van der Waals surface area (Å²) >= 11 is 0. The van der Waals surface area contributed by atoms with Crippen LogP contribution >= 0.6 is 0 Å². The lowest BCUT2D eigenvalue weighted by molar-refractivity contribution is 0.321. The number of nitrogens with zero attached hydrogens (tertiary/aromatic N) is 1. The zero-order valence-electron chi connectivity index (χ0n) is 12.7. The third-order valence-electron chi connectivity index (χ3n) is 4.67. The zero-order valence-corrected chi connectivity index (χ0v) is 12.7. The lowest BCUT2D eigenvalue weighted by Gasteiger charge is -2.37. The standard InChI is InChI=1S/C17H28N2/c1-4-15-10-7-8-11-16(15)19-13-9-12-18-17(5-2,6-3)14-19/h7-8,10-11,18H,4-6,9,12-14H2,1-3H3. The fourth-order valence-corrected chi connectivity index (χ4v) is 3.17. The van der Waals surface area contributed by atoms with Crippen molar-refractivity contribution in [2.24, 2.45) is 0 Å². The summed E-state index contributed by atoms with van der Waals surface area (Å²) < 4.78 is 0. The molecule has 0 aliphatic carbocycles. The van der Waals surface area contributed by atoms with Gasteiger partial charge in [-0.05, 0) is 43.9 Å². The molecule has 1 saturated heterocycles. The summed E-state index contributed by atoms with van der Waals surface area (Å²) in [5, 5.41) is 3.79. The molecular weight excluding hydrogens is 232 g/mol. The molecule has 0 amide bonds. The highest BCUT2D eigenvalue weighted by molar-refractivity contribution is 5.54. The molecule has 0 unspecified atom stereocenters. The molecule has 1 heterocycles. The second kappa shape index (κ2) is 6.42. The first-order chi connectivity index (χ1) is 9.24. The van der Waals surface area contributed by atoms with E-state index in [0.717, 1.165) is 19.5 Å². The van der Waals surface area contributed by atoms with Crippen LogP contribution in [0.25, 0.3) is 0 Å². The van der Waals surface area contributed by atoms with E-state index in [1.807, 2.05) is 0 Å². The molecule has 0 bridgehead atoms. The molecule has 2 nitrogen and oxygen atoms in total. The van der Waals surface area contributed by atoms with E-state index < -0.39 is 0 Å². The van der Waals surface area contributed by atoms with E-state index >= 15 is 0 Å². The Hall–Kier alpha value is -1.02. The topological polar surface area (TPSA) is 15.3 Å². The Morgan fingerprint density at radius 3 is 2.58 bits per heavy atom. The van der Waals surface area contributed by atoms with E-state index in [1.54, 1.807) is 0 Å². The van der Waals surface area contributed by atoms with E-state index in [2.05, 4.69) is 55.3 Å². The Balaban J connectivity index is 2.27. The van der Waals surface area contributed by atoms with Gasteiger partial charge in [-0.1, -0.05) is 39.0 Å². The molecule has 2 heteroatoms. The number of aryl methyl sites for hydroxylation is 1. The van der Waals surface area contributed by atoms with Crippen molar-refractivity contribution in [1.29, 1.82) is 0 Å². The van der Waals surface area contributed by atoms with Gasteiger partial charge in [0.05, 0.1) is 0 Å². The normalized spacial score (nSPS) is 19.2. The molecule has 19 heavy (non-hydrogen) atoms. The second-order valence-electron chi connectivity index (χ2n) is 5.67. The maximum Gasteiger partial charge on any atom is 0.0399 e. The summed E-state index contributed by atoms with van der Waals surface area (Å²) in [7, 11) is 0. The average molecular weight is 260 g/mol. The summed E-state index contributed by atoms with van der Waals surface area (Å²) in [6, 6.07) is 8.89. The fraction of sp³-hybridized carbons (Fsp3) is 0.647. The predicted octanol–water partition coefficient (Wildman–Crippen LogP) is 3.61. The third kappa shape index (κ3) is 3.11. The van der Waals surface area contributed by atoms with Crippen LogP contribution in [0.1, 0.15) is 45.6 Å². The van der Waals surface area contributed by atoms with E-state index in [9.17, 15) is 0 Å². The van der Waals surface area contributed by atoms with Crippen LogP contribution in [0.2, 0.25) is 0 Å². The summed E-state index contributed by atoms with van der Waals surface area (Å²) in [6.45, 7) is 10.3. The number of nitrogens with one attached hydrogen (secondary N) is 1. The number of benzene rings is 1. The summed E-state index contributed by atoms with van der Waals surface area (Å²) in [4.78, 5) is 2.60. The van der Waals surface area contributed by atoms with Gasteiger partial charge in [-0.15, -0.1) is 0 Å². The minimum Gasteiger partial charge on any atom is -0.369 e. The van der Waals surface area contributed by atoms with Crippen LogP contribution in [0.15, 0.2) is 24.3 Å². The molecular formula is C17H28N2. The quantitative estimate of drug-likeness (QED) is 0.889. The Labute approximate surface area is 118 Å². The molecule has 0 aromatic heterocycles. The van der Waals surface area contributed by atoms with Gasteiger partial charge in [-0.3, -0.25) is 0 Å². The lowest BCUT2D eigenvalue weighted by atomic mass is 9.92. The van der Waals surface area contributed by atoms with Crippen molar-refractivity contribution in [2.75, 3.05) is 24.5 Å². The smallest absolute Gasteiger partial charge is 0.0399 e. The maximum absolute atomic E-state index is 3.79. The number of hydrogen-bond acceptors (Lipinski definition) is 2. The van der Waals surface area contributed by atoms with Crippen molar-refractivity contribution in [3.63, 3.8) is 0 Å². The molecule has 0 saturated carbocycles. The molecule has 1 aliphatic rings. The van der Waals surface area contributed by atoms with Crippen LogP contribution in [0.5, 0.6) is 0 Å². The van der Waals surface area contributed by atoms with Gasteiger partial charge in [0.2, 0.25) is 0 Å². The number of para-hydroxylation sites is 1. The summed E-state index contributed by atoms with van der Waals surface area (Å²) in [6.07, 6.45) is 4.76. The first kappa shape index (κ1) is 14.4. The molecule has 1 aromatic carbocycles. The van der Waals surface area contributed by atoms with Gasteiger partial charge in [-0.25, -0.2) is 0 Å². The Morgan fingerprint density at radius 1 is 1.16 bits per heavy atom. The second-order valence-corrected chi connectivity index (χ2v) is 5.67. The maximum atomic E-state index is 3.79. The lowest BCUT2D eigenvalue weighted by Crippen LogP contribution is -2.50. The van der Waals surface area contributed by atoms with Crippen molar-refractivity contribution in [1.82, 2.24) is 5.32 Å². The van der Waals surface area contributed by atoms with Crippen LogP contribution in [-0.2, 0) is 6.42 Å². The van der Waals surface area contributed by atoms with Crippen molar-refractivity contribution in [2.45, 2.75) is 52.0 Å². The molecule has 0 spiro atoms. The van der Waals surface area contributed by atoms with Crippen LogP contribution in [-0.4, -0.2) is 25.2 Å². The molecule has 1 aromatic rings. The van der Waals surface area contributed by atoms with Gasteiger partial charge in [0.15, 0.2) is 0 Å². The molecule has 106 valence electrons. The predicted molar refractivity (Wildman–Crippen MR) is 84.0 cm³/mol. The Bertz CT molecular complexity index is 396. The van der Waals surface area contributed by atoms with Gasteiger partial charge in [0.25, 0.3) is 0 Å². The largest absolute Gasteiger partial charge is 0.369 e. The molecule has 2 rings (SSSR count). The molecule has 1 N–H and O–H groups in total. The number of anilines is 1. The molecule has 0 radical (unpaired) electrons. The van der Waals surface area contributed by atoms with Gasteiger partial charge in [0, 0.05) is 24.3 Å². The van der Waals surface area contributed by atoms with Crippen LogP contribution < -0.4 is 10.2 Å². The van der Waals surface area contributed by atoms with Crippen LogP contribution in [0.4, 0.5) is 5.69 Å². The number of hydrogen-bond donors (Lipinski definition) is 1. The van der Waals surface area contributed by atoms with Gasteiger partial charge >= 0.3 is 0 Å². The SMILES string of the molecule is CCc1ccccc1N1CCCNC(CC)(CC)C1. The van der Waals surface area contributed by atoms with Crippen molar-refractivity contribution >= 4 is 5.69 Å². The van der Waals surface area contributed by atoms with Crippen molar-refractivity contribution < 1.29 is 0 Å². The highest BCUT2D eigenvalue weighted by Crippen LogP contribution is 2.27. The summed E-state index contributed by atoms with van der Waals surface area (Å²) in [5.74, 6) is 0. The molecule has 1 fully saturated rings. The minimum atomic E-state index is 0.289. The summed E-state index contributed by atoms with van der Waals surface area (Å²) in [5.41, 5.74) is 3.21. The van der Waals surface area contributed by atoms with Crippen LogP contribution in [0.3, 0.4) is 0 Å². The minimum absolute atomic E-state index is 0.289. The van der Waals surface area contributed by atoms with E-state index in [0.29, 0.717) is 0 Å². The van der Waals surface area contributed by atoms with Crippen molar-refractivity contribution in [3.05, 3.63) is 29.8 Å². The highest BCUT2D eigenvalue weighted by Gasteiger charge is 2.30. The first-order valence-electron chi connectivity index (χ1n) is 7.82. The first-order valence-corrected chi connectivity index (χ1v) is 7.82.